The van der Waals surface area contributed by atoms with E-state index in [0.29, 0.717) is 34.0 Å². The lowest BCUT2D eigenvalue weighted by atomic mass is 10.2. The highest BCUT2D eigenvalue weighted by Crippen LogP contribution is 2.32. The Morgan fingerprint density at radius 1 is 1.43 bits per heavy atom. The molecule has 2 aromatic rings. The second-order valence-electron chi connectivity index (χ2n) is 4.75. The van der Waals surface area contributed by atoms with Crippen molar-refractivity contribution in [2.45, 2.75) is 13.3 Å². The standard InChI is InChI=1S/C15H15BrF2N4O/c1-3-22(9-13(17)18)14-7-15(21(2)20-14)23-12-6-10(8-19)4-5-11(12)16/h4-7,13H,3,9H2,1-2H3. The van der Waals surface area contributed by atoms with Gasteiger partial charge in [0.1, 0.15) is 5.75 Å². The summed E-state index contributed by atoms with van der Waals surface area (Å²) in [5.74, 6) is 1.26. The lowest BCUT2D eigenvalue weighted by Gasteiger charge is -2.18. The number of hydrogen-bond donors (Lipinski definition) is 0. The number of ether oxygens (including phenoxy) is 1. The first-order valence-corrected chi connectivity index (χ1v) is 7.68. The first kappa shape index (κ1) is 17.2. The van der Waals surface area contributed by atoms with Crippen molar-refractivity contribution in [3.05, 3.63) is 34.3 Å². The van der Waals surface area contributed by atoms with Crippen molar-refractivity contribution in [3.8, 4) is 17.7 Å². The van der Waals surface area contributed by atoms with Crippen molar-refractivity contribution < 1.29 is 13.5 Å². The minimum absolute atomic E-state index is 0.388. The third-order valence-corrected chi connectivity index (χ3v) is 3.82. The van der Waals surface area contributed by atoms with Crippen molar-refractivity contribution in [2.24, 2.45) is 7.05 Å². The largest absolute Gasteiger partial charge is 0.438 e. The maximum absolute atomic E-state index is 12.6. The van der Waals surface area contributed by atoms with E-state index in [1.54, 1.807) is 38.2 Å². The van der Waals surface area contributed by atoms with Crippen LogP contribution in [0.5, 0.6) is 11.6 Å². The van der Waals surface area contributed by atoms with Crippen LogP contribution < -0.4 is 9.64 Å². The van der Waals surface area contributed by atoms with Gasteiger partial charge in [-0.15, -0.1) is 0 Å². The van der Waals surface area contributed by atoms with Gasteiger partial charge in [0, 0.05) is 19.7 Å². The first-order chi connectivity index (χ1) is 10.9. The number of benzene rings is 1. The topological polar surface area (TPSA) is 54.1 Å². The van der Waals surface area contributed by atoms with E-state index in [0.717, 1.165) is 0 Å². The van der Waals surface area contributed by atoms with Gasteiger partial charge in [-0.1, -0.05) is 0 Å². The maximum atomic E-state index is 12.6. The predicted molar refractivity (Wildman–Crippen MR) is 86.0 cm³/mol. The second kappa shape index (κ2) is 7.42. The van der Waals surface area contributed by atoms with Gasteiger partial charge in [0.05, 0.1) is 22.7 Å². The van der Waals surface area contributed by atoms with Crippen LogP contribution >= 0.6 is 15.9 Å². The number of aryl methyl sites for hydroxylation is 1. The van der Waals surface area contributed by atoms with E-state index < -0.39 is 6.43 Å². The summed E-state index contributed by atoms with van der Waals surface area (Å²) >= 11 is 3.35. The number of anilines is 1. The molecule has 0 fully saturated rings. The van der Waals surface area contributed by atoms with Crippen LogP contribution in [0.3, 0.4) is 0 Å². The molecule has 0 amide bonds. The summed E-state index contributed by atoms with van der Waals surface area (Å²) < 4.78 is 33.1. The summed E-state index contributed by atoms with van der Waals surface area (Å²) in [7, 11) is 1.66. The van der Waals surface area contributed by atoms with Crippen molar-refractivity contribution in [2.75, 3.05) is 18.0 Å². The van der Waals surface area contributed by atoms with Gasteiger partial charge in [-0.05, 0) is 41.1 Å². The van der Waals surface area contributed by atoms with E-state index in [4.69, 9.17) is 10.00 Å². The molecule has 0 radical (unpaired) electrons. The number of rotatable bonds is 6. The zero-order chi connectivity index (χ0) is 17.0. The molecule has 0 saturated heterocycles. The maximum Gasteiger partial charge on any atom is 0.255 e. The summed E-state index contributed by atoms with van der Waals surface area (Å²) in [6, 6.07) is 8.59. The van der Waals surface area contributed by atoms with E-state index in [-0.39, 0.29) is 6.54 Å². The third kappa shape index (κ3) is 4.20. The Hall–Kier alpha value is -2.14. The van der Waals surface area contributed by atoms with Gasteiger partial charge in [-0.3, -0.25) is 0 Å². The molecular weight excluding hydrogens is 370 g/mol. The van der Waals surface area contributed by atoms with Crippen LogP contribution in [-0.4, -0.2) is 29.3 Å². The molecule has 1 aromatic carbocycles. The molecule has 0 saturated carbocycles. The van der Waals surface area contributed by atoms with Gasteiger partial charge in [0.25, 0.3) is 6.43 Å². The molecule has 0 unspecified atom stereocenters. The molecule has 0 bridgehead atoms. The van der Waals surface area contributed by atoms with E-state index in [9.17, 15) is 8.78 Å². The van der Waals surface area contributed by atoms with E-state index in [2.05, 4.69) is 21.0 Å². The summed E-state index contributed by atoms with van der Waals surface area (Å²) in [5, 5.41) is 13.2. The molecule has 0 aliphatic carbocycles. The van der Waals surface area contributed by atoms with E-state index in [1.165, 1.54) is 9.58 Å². The molecular formula is C15H15BrF2N4O. The fourth-order valence-corrected chi connectivity index (χ4v) is 2.33. The van der Waals surface area contributed by atoms with Gasteiger partial charge < -0.3 is 9.64 Å². The lowest BCUT2D eigenvalue weighted by molar-refractivity contribution is 0.155. The summed E-state index contributed by atoms with van der Waals surface area (Å²) in [6.45, 7) is 1.81. The molecule has 0 atom stereocenters. The summed E-state index contributed by atoms with van der Waals surface area (Å²) in [6.07, 6.45) is -2.44. The van der Waals surface area contributed by atoms with Crippen LogP contribution in [0.25, 0.3) is 0 Å². The second-order valence-corrected chi connectivity index (χ2v) is 5.61. The Morgan fingerprint density at radius 3 is 2.78 bits per heavy atom. The molecule has 122 valence electrons. The highest BCUT2D eigenvalue weighted by atomic mass is 79.9. The van der Waals surface area contributed by atoms with Crippen LogP contribution in [-0.2, 0) is 7.05 Å². The fourth-order valence-electron chi connectivity index (χ4n) is 2.00. The molecule has 23 heavy (non-hydrogen) atoms. The molecule has 8 heteroatoms. The normalized spacial score (nSPS) is 10.7. The summed E-state index contributed by atoms with van der Waals surface area (Å²) in [4.78, 5) is 1.47. The van der Waals surface area contributed by atoms with Crippen molar-refractivity contribution in [1.82, 2.24) is 9.78 Å². The average Bonchev–Trinajstić information content (AvgIpc) is 2.87. The Bertz CT molecular complexity index is 727. The van der Waals surface area contributed by atoms with E-state index >= 15 is 0 Å². The van der Waals surface area contributed by atoms with Crippen LogP contribution in [0, 0.1) is 11.3 Å². The van der Waals surface area contributed by atoms with Gasteiger partial charge in [0.2, 0.25) is 5.88 Å². The van der Waals surface area contributed by atoms with Crippen molar-refractivity contribution in [3.63, 3.8) is 0 Å². The number of halogens is 3. The van der Waals surface area contributed by atoms with Crippen molar-refractivity contribution in [1.29, 1.82) is 5.26 Å². The molecule has 0 aliphatic rings. The minimum Gasteiger partial charge on any atom is -0.438 e. The zero-order valence-corrected chi connectivity index (χ0v) is 14.2. The lowest BCUT2D eigenvalue weighted by Crippen LogP contribution is -2.28. The highest BCUT2D eigenvalue weighted by molar-refractivity contribution is 9.10. The molecule has 1 heterocycles. The van der Waals surface area contributed by atoms with Crippen LogP contribution in [0.1, 0.15) is 12.5 Å². The molecule has 0 spiro atoms. The minimum atomic E-state index is -2.44. The number of alkyl halides is 2. The number of aromatic nitrogens is 2. The molecule has 0 aliphatic heterocycles. The molecule has 1 aromatic heterocycles. The molecule has 2 rings (SSSR count). The third-order valence-electron chi connectivity index (χ3n) is 3.16. The number of hydrogen-bond acceptors (Lipinski definition) is 4. The Morgan fingerprint density at radius 2 is 2.17 bits per heavy atom. The first-order valence-electron chi connectivity index (χ1n) is 6.89. The molecule has 5 nitrogen and oxygen atoms in total. The summed E-state index contributed by atoms with van der Waals surface area (Å²) in [5.41, 5.74) is 0.457. The fraction of sp³-hybridized carbons (Fsp3) is 0.333. The van der Waals surface area contributed by atoms with Crippen LogP contribution in [0.2, 0.25) is 0 Å². The monoisotopic (exact) mass is 384 g/mol. The zero-order valence-electron chi connectivity index (χ0n) is 12.6. The predicted octanol–water partition coefficient (Wildman–Crippen LogP) is 3.94. The van der Waals surface area contributed by atoms with Gasteiger partial charge >= 0.3 is 0 Å². The smallest absolute Gasteiger partial charge is 0.255 e. The van der Waals surface area contributed by atoms with E-state index in [1.807, 2.05) is 6.07 Å². The van der Waals surface area contributed by atoms with Gasteiger partial charge in [-0.2, -0.15) is 10.4 Å². The highest BCUT2D eigenvalue weighted by Gasteiger charge is 2.17. The van der Waals surface area contributed by atoms with Crippen LogP contribution in [0.4, 0.5) is 14.6 Å². The Kier molecular flexibility index (Phi) is 5.55. The van der Waals surface area contributed by atoms with Gasteiger partial charge in [-0.25, -0.2) is 13.5 Å². The average molecular weight is 385 g/mol. The van der Waals surface area contributed by atoms with Crippen LogP contribution in [0.15, 0.2) is 28.7 Å². The quantitative estimate of drug-likeness (QED) is 0.756. The Balaban J connectivity index is 2.27. The van der Waals surface area contributed by atoms with Gasteiger partial charge in [0.15, 0.2) is 5.82 Å². The number of nitrogens with zero attached hydrogens (tertiary/aromatic N) is 4. The molecule has 0 N–H and O–H groups in total. The SMILES string of the molecule is CCN(CC(F)F)c1cc(Oc2cc(C#N)ccc2Br)n(C)n1. The Labute approximate surface area is 141 Å². The number of nitriles is 1. The van der Waals surface area contributed by atoms with Crippen molar-refractivity contribution >= 4 is 21.7 Å².